The van der Waals surface area contributed by atoms with Crippen LogP contribution in [0.2, 0.25) is 13.1 Å². The maximum Gasteiger partial charge on any atom is 0.269 e. The highest BCUT2D eigenvalue weighted by atomic mass is 28.3. The first-order valence-corrected chi connectivity index (χ1v) is 23.9. The summed E-state index contributed by atoms with van der Waals surface area (Å²) in [6.07, 6.45) is 5.72. The lowest BCUT2D eigenvalue weighted by Gasteiger charge is -2.33. The summed E-state index contributed by atoms with van der Waals surface area (Å²) in [7, 11) is -2.39. The van der Waals surface area contributed by atoms with E-state index in [1.165, 1.54) is 21.9 Å². The van der Waals surface area contributed by atoms with Crippen LogP contribution in [0.1, 0.15) is 26.3 Å². The molecule has 0 unspecified atom stereocenters. The minimum Gasteiger partial charge on any atom is -0.508 e. The molecule has 0 spiro atoms. The quantitative estimate of drug-likeness (QED) is 0.110. The van der Waals surface area contributed by atoms with E-state index in [0.717, 1.165) is 77.5 Å². The first kappa shape index (κ1) is 35.7. The minimum atomic E-state index is -2.39. The number of pyridine rings is 1. The van der Waals surface area contributed by atoms with Gasteiger partial charge in [-0.2, -0.15) is 0 Å². The van der Waals surface area contributed by atoms with Crippen LogP contribution in [0.3, 0.4) is 0 Å². The molecule has 0 fully saturated rings. The highest BCUT2D eigenvalue weighted by Gasteiger charge is 2.40. The van der Waals surface area contributed by atoms with Crippen LogP contribution >= 0.6 is 0 Å². The number of rotatable bonds is 3. The van der Waals surface area contributed by atoms with E-state index in [1.807, 2.05) is 18.3 Å². The molecule has 7 aromatic carbocycles. The van der Waals surface area contributed by atoms with Crippen LogP contribution in [0.15, 0.2) is 158 Å². The third kappa shape index (κ3) is 5.07. The topological polar surface area (TPSA) is 56.1 Å². The maximum atomic E-state index is 12.6. The molecule has 10 aromatic rings. The van der Waals surface area contributed by atoms with Crippen molar-refractivity contribution in [3.05, 3.63) is 170 Å². The molecule has 0 amide bonds. The number of benzene rings is 7. The van der Waals surface area contributed by atoms with Gasteiger partial charge in [-0.15, -0.1) is 0 Å². The van der Waals surface area contributed by atoms with Crippen molar-refractivity contribution in [1.29, 1.82) is 0 Å². The molecule has 0 saturated carbocycles. The number of ether oxygens (including phenoxy) is 1. The van der Waals surface area contributed by atoms with Crippen molar-refractivity contribution in [3.63, 3.8) is 0 Å². The van der Waals surface area contributed by atoms with Gasteiger partial charge in [-0.3, -0.25) is 13.7 Å². The zero-order valence-corrected chi connectivity index (χ0v) is 35.7. The second kappa shape index (κ2) is 12.6. The fourth-order valence-corrected chi connectivity index (χ4v) is 12.9. The summed E-state index contributed by atoms with van der Waals surface area (Å²) in [6, 6.07) is 53.7. The van der Waals surface area contributed by atoms with Crippen molar-refractivity contribution in [3.8, 4) is 67.8 Å². The van der Waals surface area contributed by atoms with Crippen LogP contribution in [0, 0.1) is 6.33 Å². The number of hydrogen-bond acceptors (Lipinski definition) is 3. The summed E-state index contributed by atoms with van der Waals surface area (Å²) >= 11 is 0. The van der Waals surface area contributed by atoms with Gasteiger partial charge in [0, 0.05) is 23.0 Å². The Hall–Kier alpha value is -7.22. The van der Waals surface area contributed by atoms with E-state index in [2.05, 4.69) is 193 Å². The lowest BCUT2D eigenvalue weighted by Crippen LogP contribution is -2.57. The van der Waals surface area contributed by atoms with E-state index in [-0.39, 0.29) is 11.2 Å². The Morgan fingerprint density at radius 2 is 1.28 bits per heavy atom. The third-order valence-electron chi connectivity index (χ3n) is 13.1. The predicted octanol–water partition coefficient (Wildman–Crippen LogP) is 11.4. The molecule has 0 radical (unpaired) electrons. The standard InChI is InChI=1S/C54H42N4O2Si/c1-54(2,3)33-28-29-55-49(30-33)58-44-21-13-11-19-40(44)41-23-22-34(31-45(41)58)60-46-25-27-48-52(53(46)59)57-32-56-43-20-12-10-18-39(43)37-16-8-6-14-35(37)36-15-7-9-17-38(36)42-24-26-47(61(48,4)5)51(57)50(42)56/h6-31,59H,1-5H3. The number of aromatic hydroxyl groups is 1. The molecule has 5 heterocycles. The molecule has 0 atom stereocenters. The monoisotopic (exact) mass is 806 g/mol. The molecule has 0 bridgehead atoms. The molecule has 0 saturated heterocycles. The number of phenols is 1. The summed E-state index contributed by atoms with van der Waals surface area (Å²) in [4.78, 5) is 4.87. The highest BCUT2D eigenvalue weighted by Crippen LogP contribution is 2.45. The lowest BCUT2D eigenvalue weighted by molar-refractivity contribution is -0.571. The fourth-order valence-electron chi connectivity index (χ4n) is 10.0. The Kier molecular flexibility index (Phi) is 7.40. The van der Waals surface area contributed by atoms with Gasteiger partial charge in [0.15, 0.2) is 11.5 Å². The van der Waals surface area contributed by atoms with E-state index < -0.39 is 8.07 Å². The van der Waals surface area contributed by atoms with E-state index in [1.54, 1.807) is 0 Å². The van der Waals surface area contributed by atoms with Gasteiger partial charge in [0.2, 0.25) is 0 Å². The van der Waals surface area contributed by atoms with Crippen molar-refractivity contribution in [2.75, 3.05) is 0 Å². The average molecular weight is 807 g/mol. The Bertz CT molecular complexity index is 3500. The second-order valence-electron chi connectivity index (χ2n) is 18.0. The molecule has 3 aromatic heterocycles. The van der Waals surface area contributed by atoms with Crippen molar-refractivity contribution >= 4 is 51.3 Å². The van der Waals surface area contributed by atoms with Crippen LogP contribution in [0.25, 0.3) is 83.4 Å². The maximum absolute atomic E-state index is 12.6. The minimum absolute atomic E-state index is 0.0367. The van der Waals surface area contributed by atoms with Crippen LogP contribution < -0.4 is 19.7 Å². The molecule has 0 aliphatic carbocycles. The average Bonchev–Trinajstić information content (AvgIpc) is 3.83. The molecule has 12 rings (SSSR count). The van der Waals surface area contributed by atoms with Gasteiger partial charge < -0.3 is 9.84 Å². The van der Waals surface area contributed by atoms with Crippen LogP contribution in [0.4, 0.5) is 0 Å². The third-order valence-corrected chi connectivity index (χ3v) is 16.6. The van der Waals surface area contributed by atoms with Gasteiger partial charge >= 0.3 is 0 Å². The zero-order chi connectivity index (χ0) is 41.4. The van der Waals surface area contributed by atoms with Gasteiger partial charge in [-0.1, -0.05) is 137 Å². The van der Waals surface area contributed by atoms with E-state index >= 15 is 0 Å². The van der Waals surface area contributed by atoms with Crippen molar-refractivity contribution < 1.29 is 14.4 Å². The second-order valence-corrected chi connectivity index (χ2v) is 22.3. The molecule has 6 nitrogen and oxygen atoms in total. The highest BCUT2D eigenvalue weighted by molar-refractivity contribution is 7.02. The van der Waals surface area contributed by atoms with E-state index in [4.69, 9.17) is 9.72 Å². The SMILES string of the molecule is CC(C)(C)c1ccnc(-n2c3ccccc3c3ccc(Oc4ccc5c(c4O)-n4[c-][n+]6c7c(ccc(c74)[Si]5(C)C)-c4ccccc4-c4ccccc4-c4ccccc4-6)cc32)c1. The fraction of sp³-hybridized carbons (Fsp3) is 0.111. The summed E-state index contributed by atoms with van der Waals surface area (Å²) in [6.45, 7) is 11.4. The zero-order valence-electron chi connectivity index (χ0n) is 34.7. The molecule has 2 aliphatic heterocycles. The Balaban J connectivity index is 1.07. The van der Waals surface area contributed by atoms with Crippen LogP contribution in [0.5, 0.6) is 17.2 Å². The largest absolute Gasteiger partial charge is 0.508 e. The van der Waals surface area contributed by atoms with E-state index in [9.17, 15) is 5.11 Å². The number of aromatic nitrogens is 4. The van der Waals surface area contributed by atoms with Gasteiger partial charge in [-0.05, 0) is 97.2 Å². The first-order valence-electron chi connectivity index (χ1n) is 20.9. The normalized spacial score (nSPS) is 13.5. The number of para-hydroxylation sites is 2. The van der Waals surface area contributed by atoms with Gasteiger partial charge in [0.1, 0.15) is 25.3 Å². The predicted molar refractivity (Wildman–Crippen MR) is 249 cm³/mol. The molecular weight excluding hydrogens is 765 g/mol. The summed E-state index contributed by atoms with van der Waals surface area (Å²) in [5.74, 6) is 1.96. The first-order chi connectivity index (χ1) is 29.6. The van der Waals surface area contributed by atoms with Crippen molar-refractivity contribution in [1.82, 2.24) is 14.1 Å². The molecule has 2 aliphatic rings. The Morgan fingerprint density at radius 3 is 2.03 bits per heavy atom. The molecule has 61 heavy (non-hydrogen) atoms. The lowest BCUT2D eigenvalue weighted by atomic mass is 9.88. The van der Waals surface area contributed by atoms with E-state index in [0.29, 0.717) is 11.5 Å². The van der Waals surface area contributed by atoms with Crippen molar-refractivity contribution in [2.45, 2.75) is 39.3 Å². The van der Waals surface area contributed by atoms with Crippen molar-refractivity contribution in [2.24, 2.45) is 0 Å². The summed E-state index contributed by atoms with van der Waals surface area (Å²) < 4.78 is 13.3. The van der Waals surface area contributed by atoms with Gasteiger partial charge in [-0.25, -0.2) is 4.98 Å². The van der Waals surface area contributed by atoms with Gasteiger partial charge in [0.05, 0.1) is 27.8 Å². The molecule has 1 N–H and O–H groups in total. The number of nitrogens with zero attached hydrogens (tertiary/aromatic N) is 4. The number of hydrogen-bond donors (Lipinski definition) is 1. The Labute approximate surface area is 355 Å². The van der Waals surface area contributed by atoms with Crippen LogP contribution in [-0.2, 0) is 5.41 Å². The van der Waals surface area contributed by atoms with Crippen LogP contribution in [-0.4, -0.2) is 27.3 Å². The summed E-state index contributed by atoms with van der Waals surface area (Å²) in [5.41, 5.74) is 14.1. The smallest absolute Gasteiger partial charge is 0.269 e. The number of imidazole rings is 1. The number of phenolic OH excluding ortho intramolecular Hbond substituents is 1. The summed E-state index contributed by atoms with van der Waals surface area (Å²) in [5, 5.41) is 17.3. The van der Waals surface area contributed by atoms with Gasteiger partial charge in [0.25, 0.3) is 6.33 Å². The molecule has 7 heteroatoms. The molecule has 294 valence electrons. The Morgan fingerprint density at radius 1 is 0.639 bits per heavy atom. The number of fused-ring (bicyclic) bond motifs is 12. The molecular formula is C54H42N4O2Si.